The van der Waals surface area contributed by atoms with Crippen LogP contribution in [0.3, 0.4) is 0 Å². The molecule has 0 aliphatic carbocycles. The van der Waals surface area contributed by atoms with E-state index in [-0.39, 0.29) is 7.43 Å². The van der Waals surface area contributed by atoms with Gasteiger partial charge in [-0.15, -0.1) is 0 Å². The molecule has 0 atom stereocenters. The van der Waals surface area contributed by atoms with Crippen LogP contribution < -0.4 is 0 Å². The molecule has 0 unspecified atom stereocenters. The predicted molar refractivity (Wildman–Crippen MR) is 31.7 cm³/mol. The van der Waals surface area contributed by atoms with Crippen LogP contribution in [0.2, 0.25) is 0 Å². The first-order chi connectivity index (χ1) is 3.00. The minimum Gasteiger partial charge on any atom is -0.0683 e. The molecule has 1 aromatic rings. The van der Waals surface area contributed by atoms with Crippen molar-refractivity contribution in [1.29, 1.82) is 0 Å². The van der Waals surface area contributed by atoms with E-state index in [0.717, 1.165) is 0 Å². The topological polar surface area (TPSA) is 0 Å². The third-order valence-electron chi connectivity index (χ3n) is 0.607. The lowest BCUT2D eigenvalue weighted by Crippen LogP contribution is -1.49. The zero-order valence-corrected chi connectivity index (χ0v) is 4.39. The Morgan fingerprint density at radius 2 is 1.43 bits per heavy atom. The molecule has 0 saturated carbocycles. The first-order valence-corrected chi connectivity index (χ1v) is 1.91. The molecule has 0 aliphatic rings. The van der Waals surface area contributed by atoms with Gasteiger partial charge in [-0.3, -0.25) is 0 Å². The summed E-state index contributed by atoms with van der Waals surface area (Å²) in [6.45, 7) is 0. The Balaban J connectivity index is 0.000000360. The third-order valence-corrected chi connectivity index (χ3v) is 0.607. The Labute approximate surface area is 44.8 Å². The monoisotopic (exact) mass is 92.1 g/mol. The van der Waals surface area contributed by atoms with Gasteiger partial charge in [-0.2, -0.15) is 0 Å². The molecule has 0 N–H and O–H groups in total. The van der Waals surface area contributed by atoms with Crippen molar-refractivity contribution in [2.24, 2.45) is 0 Å². The molecule has 0 aliphatic heterocycles. The summed E-state index contributed by atoms with van der Waals surface area (Å²) in [5.41, 5.74) is 0. The summed E-state index contributed by atoms with van der Waals surface area (Å²) in [6, 6.07) is 12.5. The predicted octanol–water partition coefficient (Wildman–Crippen LogP) is 1.94. The average molecular weight is 92.1 g/mol. The maximum atomic E-state index is 2.89. The summed E-state index contributed by atoms with van der Waals surface area (Å²) in [5, 5.41) is 0. The van der Waals surface area contributed by atoms with Crippen molar-refractivity contribution in [3.63, 3.8) is 0 Å². The number of hydrogen-bond acceptors (Lipinski definition) is 0. The molecule has 1 aromatic carbocycles. The summed E-state index contributed by atoms with van der Waals surface area (Å²) in [5.74, 6) is 0. The molecule has 1 rings (SSSR count). The summed E-state index contributed by atoms with van der Waals surface area (Å²) >= 11 is 0. The van der Waals surface area contributed by atoms with E-state index in [4.69, 9.17) is 0 Å². The maximum Gasteiger partial charge on any atom is -0.0184 e. The minimum absolute atomic E-state index is 0. The zero-order valence-electron chi connectivity index (χ0n) is 4.39. The Bertz CT molecular complexity index is 72.0. The number of benzene rings is 1. The highest BCUT2D eigenvalue weighted by molar-refractivity contribution is 4.97. The van der Waals surface area contributed by atoms with Crippen molar-refractivity contribution < 1.29 is 0 Å². The molecule has 0 aromatic heterocycles. The average Bonchev–Trinajstić information content (AvgIpc) is 1.72. The zero-order chi connectivity index (χ0) is 4.24. The molecule has 0 spiro atoms. The second-order valence-corrected chi connectivity index (χ2v) is 1.08. The van der Waals surface area contributed by atoms with Crippen LogP contribution in [0.25, 0.3) is 0 Å². The summed E-state index contributed by atoms with van der Waals surface area (Å²) in [4.78, 5) is 0. The van der Waals surface area contributed by atoms with E-state index in [0.29, 0.717) is 0 Å². The molecule has 0 heterocycles. The van der Waals surface area contributed by atoms with Crippen molar-refractivity contribution in [3.05, 3.63) is 43.8 Å². The first-order valence-electron chi connectivity index (χ1n) is 1.91. The van der Waals surface area contributed by atoms with Crippen molar-refractivity contribution >= 4 is 0 Å². The summed E-state index contributed by atoms with van der Waals surface area (Å²) in [7, 11) is 0. The normalized spacial score (nSPS) is 6.86. The van der Waals surface area contributed by atoms with Crippen molar-refractivity contribution in [3.8, 4) is 0 Å². The molecular formula is C7H8. The van der Waals surface area contributed by atoms with Crippen molar-refractivity contribution in [2.45, 2.75) is 0 Å². The van der Waals surface area contributed by atoms with Crippen LogP contribution >= 0.6 is 0 Å². The molecule has 0 bridgehead atoms. The standard InChI is InChI=1S/C6H5.CH3/c1-2-4-6-5-3-1;/h1-5H;1H3. The Morgan fingerprint density at radius 1 is 0.857 bits per heavy atom. The van der Waals surface area contributed by atoms with Gasteiger partial charge >= 0.3 is 0 Å². The second kappa shape index (κ2) is 3.41. The number of hydrogen-bond donors (Lipinski definition) is 0. The molecule has 36 valence electrons. The van der Waals surface area contributed by atoms with E-state index in [9.17, 15) is 0 Å². The lowest BCUT2D eigenvalue weighted by atomic mass is 10.4. The second-order valence-electron chi connectivity index (χ2n) is 1.08. The maximum absolute atomic E-state index is 2.89. The van der Waals surface area contributed by atoms with Gasteiger partial charge < -0.3 is 0 Å². The largest absolute Gasteiger partial charge is 0.0683 e. The third kappa shape index (κ3) is 1.99. The fraction of sp³-hybridized carbons (Fsp3) is 0. The van der Waals surface area contributed by atoms with Gasteiger partial charge in [0.1, 0.15) is 0 Å². The highest BCUT2D eigenvalue weighted by atomic mass is 13.6. The molecule has 0 amide bonds. The van der Waals surface area contributed by atoms with Crippen molar-refractivity contribution in [2.75, 3.05) is 0 Å². The van der Waals surface area contributed by atoms with Gasteiger partial charge in [0.05, 0.1) is 0 Å². The Kier molecular flexibility index (Phi) is 3.03. The first kappa shape index (κ1) is 6.22. The fourth-order valence-electron chi connectivity index (χ4n) is 0.342. The van der Waals surface area contributed by atoms with Crippen LogP contribution in [0.1, 0.15) is 0 Å². The minimum atomic E-state index is 0. The quantitative estimate of drug-likeness (QED) is 0.458. The molecule has 0 saturated heterocycles. The molecule has 0 fully saturated rings. The fourth-order valence-corrected chi connectivity index (χ4v) is 0.342. The molecule has 7 heavy (non-hydrogen) atoms. The number of rotatable bonds is 0. The SMILES string of the molecule is [CH3].[c]1ccccc1. The van der Waals surface area contributed by atoms with Gasteiger partial charge in [0.25, 0.3) is 0 Å². The summed E-state index contributed by atoms with van der Waals surface area (Å²) < 4.78 is 0. The van der Waals surface area contributed by atoms with E-state index in [1.807, 2.05) is 30.3 Å². The van der Waals surface area contributed by atoms with E-state index < -0.39 is 0 Å². The van der Waals surface area contributed by atoms with E-state index in [1.165, 1.54) is 0 Å². The van der Waals surface area contributed by atoms with Gasteiger partial charge in [0, 0.05) is 0 Å². The molecule has 0 heteroatoms. The summed E-state index contributed by atoms with van der Waals surface area (Å²) in [6.07, 6.45) is 0. The van der Waals surface area contributed by atoms with Gasteiger partial charge in [-0.05, 0) is 6.07 Å². The van der Waals surface area contributed by atoms with E-state index in [2.05, 4.69) is 6.07 Å². The van der Waals surface area contributed by atoms with E-state index in [1.54, 1.807) is 0 Å². The smallest absolute Gasteiger partial charge is 0.0184 e. The highest BCUT2D eigenvalue weighted by Gasteiger charge is 1.58. The van der Waals surface area contributed by atoms with Crippen LogP contribution in [0.4, 0.5) is 0 Å². The van der Waals surface area contributed by atoms with E-state index >= 15 is 0 Å². The molecule has 0 nitrogen and oxygen atoms in total. The highest BCUT2D eigenvalue weighted by Crippen LogP contribution is 1.78. The lowest BCUT2D eigenvalue weighted by molar-refractivity contribution is 1.70. The van der Waals surface area contributed by atoms with Crippen LogP contribution in [0, 0.1) is 13.5 Å². The van der Waals surface area contributed by atoms with Gasteiger partial charge in [-0.25, -0.2) is 0 Å². The lowest BCUT2D eigenvalue weighted by Gasteiger charge is -1.68. The Morgan fingerprint density at radius 3 is 1.57 bits per heavy atom. The Hall–Kier alpha value is -0.780. The van der Waals surface area contributed by atoms with Gasteiger partial charge in [0.2, 0.25) is 0 Å². The van der Waals surface area contributed by atoms with Crippen LogP contribution in [0.15, 0.2) is 30.3 Å². The molecular weight excluding hydrogens is 84.1 g/mol. The van der Waals surface area contributed by atoms with Crippen molar-refractivity contribution in [1.82, 2.24) is 0 Å². The molecule has 2 radical (unpaired) electrons. The van der Waals surface area contributed by atoms with Crippen LogP contribution in [0.5, 0.6) is 0 Å². The van der Waals surface area contributed by atoms with Gasteiger partial charge in [0.15, 0.2) is 0 Å². The van der Waals surface area contributed by atoms with Gasteiger partial charge in [-0.1, -0.05) is 37.8 Å². The van der Waals surface area contributed by atoms with Crippen LogP contribution in [-0.2, 0) is 0 Å². The van der Waals surface area contributed by atoms with Crippen LogP contribution in [-0.4, -0.2) is 0 Å².